The third-order valence-electron chi connectivity index (χ3n) is 4.05. The fourth-order valence-corrected chi connectivity index (χ4v) is 3.87. The van der Waals surface area contributed by atoms with Crippen LogP contribution in [0.2, 0.25) is 0 Å². The van der Waals surface area contributed by atoms with E-state index in [4.69, 9.17) is 0 Å². The molecule has 1 aliphatic carbocycles. The van der Waals surface area contributed by atoms with Crippen molar-refractivity contribution in [2.75, 3.05) is 6.54 Å². The largest absolute Gasteiger partial charge is 0.314 e. The molecule has 1 atom stereocenters. The van der Waals surface area contributed by atoms with Crippen LogP contribution >= 0.6 is 11.3 Å². The van der Waals surface area contributed by atoms with Crippen LogP contribution in [0, 0.1) is 5.92 Å². The summed E-state index contributed by atoms with van der Waals surface area (Å²) < 4.78 is 0. The van der Waals surface area contributed by atoms with Gasteiger partial charge in [-0.15, -0.1) is 11.3 Å². The van der Waals surface area contributed by atoms with Gasteiger partial charge in [0.15, 0.2) is 0 Å². The van der Waals surface area contributed by atoms with Crippen molar-refractivity contribution >= 4 is 11.3 Å². The molecule has 1 aromatic heterocycles. The summed E-state index contributed by atoms with van der Waals surface area (Å²) in [6.45, 7) is 3.43. The lowest BCUT2D eigenvalue weighted by Gasteiger charge is -2.27. The average molecular weight is 265 g/mol. The molecule has 1 aliphatic rings. The first-order valence-electron chi connectivity index (χ1n) is 7.64. The number of thiophene rings is 1. The van der Waals surface area contributed by atoms with E-state index in [1.54, 1.807) is 4.88 Å². The molecule has 0 radical (unpaired) electrons. The maximum atomic E-state index is 3.76. The minimum absolute atomic E-state index is 0.701. The van der Waals surface area contributed by atoms with Gasteiger partial charge in [-0.3, -0.25) is 0 Å². The lowest BCUT2D eigenvalue weighted by molar-refractivity contribution is 0.297. The summed E-state index contributed by atoms with van der Waals surface area (Å²) in [5.74, 6) is 0.980. The van der Waals surface area contributed by atoms with E-state index in [1.165, 1.54) is 57.9 Å². The van der Waals surface area contributed by atoms with Crippen molar-refractivity contribution in [3.8, 4) is 0 Å². The number of hydrogen-bond acceptors (Lipinski definition) is 2. The molecule has 0 bridgehead atoms. The van der Waals surface area contributed by atoms with E-state index in [0.717, 1.165) is 5.92 Å². The van der Waals surface area contributed by atoms with Crippen LogP contribution in [0.5, 0.6) is 0 Å². The summed E-state index contributed by atoms with van der Waals surface area (Å²) in [7, 11) is 0. The molecule has 0 aromatic carbocycles. The van der Waals surface area contributed by atoms with Crippen LogP contribution in [0.1, 0.15) is 56.7 Å². The van der Waals surface area contributed by atoms with E-state index >= 15 is 0 Å². The molecule has 1 saturated carbocycles. The Morgan fingerprint density at radius 2 is 2.17 bits per heavy atom. The quantitative estimate of drug-likeness (QED) is 0.758. The van der Waals surface area contributed by atoms with E-state index in [9.17, 15) is 0 Å². The first-order chi connectivity index (χ1) is 8.88. The Morgan fingerprint density at radius 3 is 2.83 bits per heavy atom. The number of nitrogens with one attached hydrogen (secondary N) is 1. The van der Waals surface area contributed by atoms with E-state index in [2.05, 4.69) is 29.8 Å². The lowest BCUT2D eigenvalue weighted by Crippen LogP contribution is -2.34. The van der Waals surface area contributed by atoms with Crippen LogP contribution in [-0.4, -0.2) is 12.6 Å². The van der Waals surface area contributed by atoms with E-state index in [1.807, 2.05) is 11.3 Å². The van der Waals surface area contributed by atoms with Gasteiger partial charge >= 0.3 is 0 Å². The van der Waals surface area contributed by atoms with Crippen LogP contribution < -0.4 is 5.32 Å². The summed E-state index contributed by atoms with van der Waals surface area (Å²) in [6.07, 6.45) is 11.2. The van der Waals surface area contributed by atoms with Crippen molar-refractivity contribution < 1.29 is 0 Å². The van der Waals surface area contributed by atoms with Gasteiger partial charge in [0.2, 0.25) is 0 Å². The highest BCUT2D eigenvalue weighted by Crippen LogP contribution is 2.28. The van der Waals surface area contributed by atoms with Crippen molar-refractivity contribution in [3.63, 3.8) is 0 Å². The molecular formula is C16H27NS. The molecule has 102 valence electrons. The first kappa shape index (κ1) is 14.1. The Morgan fingerprint density at radius 1 is 1.33 bits per heavy atom. The minimum atomic E-state index is 0.701. The predicted octanol–water partition coefficient (Wildman–Crippen LogP) is 4.63. The minimum Gasteiger partial charge on any atom is -0.314 e. The Kier molecular flexibility index (Phi) is 6.22. The van der Waals surface area contributed by atoms with Crippen LogP contribution in [-0.2, 0) is 6.42 Å². The third-order valence-corrected chi connectivity index (χ3v) is 4.95. The molecule has 0 spiro atoms. The summed E-state index contributed by atoms with van der Waals surface area (Å²) in [4.78, 5) is 1.54. The number of rotatable bonds is 7. The molecule has 1 N–H and O–H groups in total. The maximum absolute atomic E-state index is 3.76. The van der Waals surface area contributed by atoms with Crippen LogP contribution in [0.4, 0.5) is 0 Å². The summed E-state index contributed by atoms with van der Waals surface area (Å²) in [6, 6.07) is 5.16. The Bertz CT molecular complexity index is 301. The highest BCUT2D eigenvalue weighted by atomic mass is 32.1. The van der Waals surface area contributed by atoms with Gasteiger partial charge in [-0.2, -0.15) is 0 Å². The lowest BCUT2D eigenvalue weighted by atomic mass is 9.84. The van der Waals surface area contributed by atoms with Crippen molar-refractivity contribution in [1.82, 2.24) is 5.32 Å². The van der Waals surface area contributed by atoms with Crippen LogP contribution in [0.25, 0.3) is 0 Å². The van der Waals surface area contributed by atoms with Crippen molar-refractivity contribution in [2.24, 2.45) is 5.92 Å². The zero-order valence-electron chi connectivity index (χ0n) is 11.7. The molecular weight excluding hydrogens is 238 g/mol. The predicted molar refractivity (Wildman–Crippen MR) is 81.3 cm³/mol. The SMILES string of the molecule is CCCNC(Cc1cccs1)CC1CCCCC1. The van der Waals surface area contributed by atoms with Gasteiger partial charge in [-0.1, -0.05) is 45.1 Å². The van der Waals surface area contributed by atoms with E-state index in [0.29, 0.717) is 6.04 Å². The normalized spacial score (nSPS) is 18.9. The summed E-state index contributed by atoms with van der Waals surface area (Å²) in [5, 5.41) is 5.96. The topological polar surface area (TPSA) is 12.0 Å². The van der Waals surface area contributed by atoms with Gasteiger partial charge in [0.25, 0.3) is 0 Å². The monoisotopic (exact) mass is 265 g/mol. The van der Waals surface area contributed by atoms with Crippen molar-refractivity contribution in [1.29, 1.82) is 0 Å². The molecule has 0 amide bonds. The highest BCUT2D eigenvalue weighted by Gasteiger charge is 2.19. The second kappa shape index (κ2) is 7.96. The Labute approximate surface area is 116 Å². The fourth-order valence-electron chi connectivity index (χ4n) is 3.08. The van der Waals surface area contributed by atoms with Crippen LogP contribution in [0.15, 0.2) is 17.5 Å². The smallest absolute Gasteiger partial charge is 0.0118 e. The van der Waals surface area contributed by atoms with E-state index in [-0.39, 0.29) is 0 Å². The Balaban J connectivity index is 1.83. The molecule has 1 unspecified atom stereocenters. The Hall–Kier alpha value is -0.340. The van der Waals surface area contributed by atoms with Gasteiger partial charge < -0.3 is 5.32 Å². The molecule has 1 fully saturated rings. The molecule has 1 heterocycles. The average Bonchev–Trinajstić information content (AvgIpc) is 2.90. The zero-order valence-corrected chi connectivity index (χ0v) is 12.5. The molecule has 0 aliphatic heterocycles. The molecule has 2 rings (SSSR count). The maximum Gasteiger partial charge on any atom is 0.0118 e. The molecule has 2 heteroatoms. The number of hydrogen-bond donors (Lipinski definition) is 1. The second-order valence-electron chi connectivity index (χ2n) is 5.67. The third kappa shape index (κ3) is 4.74. The highest BCUT2D eigenvalue weighted by molar-refractivity contribution is 7.09. The molecule has 18 heavy (non-hydrogen) atoms. The van der Waals surface area contributed by atoms with Gasteiger partial charge in [0, 0.05) is 10.9 Å². The van der Waals surface area contributed by atoms with Crippen molar-refractivity contribution in [3.05, 3.63) is 22.4 Å². The van der Waals surface area contributed by atoms with Gasteiger partial charge in [0.05, 0.1) is 0 Å². The first-order valence-corrected chi connectivity index (χ1v) is 8.52. The van der Waals surface area contributed by atoms with Crippen molar-refractivity contribution in [2.45, 2.75) is 64.3 Å². The fraction of sp³-hybridized carbons (Fsp3) is 0.750. The van der Waals surface area contributed by atoms with Gasteiger partial charge in [0.1, 0.15) is 0 Å². The molecule has 0 saturated heterocycles. The van der Waals surface area contributed by atoms with Crippen LogP contribution in [0.3, 0.4) is 0 Å². The standard InChI is InChI=1S/C16H27NS/c1-2-10-17-15(13-16-9-6-11-18-16)12-14-7-4-3-5-8-14/h6,9,11,14-15,17H,2-5,7-8,10,12-13H2,1H3. The molecule has 1 nitrogen and oxygen atoms in total. The second-order valence-corrected chi connectivity index (χ2v) is 6.71. The van der Waals surface area contributed by atoms with Gasteiger partial charge in [-0.25, -0.2) is 0 Å². The molecule has 1 aromatic rings. The zero-order chi connectivity index (χ0) is 12.6. The summed E-state index contributed by atoms with van der Waals surface area (Å²) >= 11 is 1.91. The van der Waals surface area contributed by atoms with E-state index < -0.39 is 0 Å². The van der Waals surface area contributed by atoms with Gasteiger partial charge in [-0.05, 0) is 43.2 Å². The summed E-state index contributed by atoms with van der Waals surface area (Å²) in [5.41, 5.74) is 0.